The van der Waals surface area contributed by atoms with Crippen molar-refractivity contribution < 1.29 is 29.3 Å². The predicted octanol–water partition coefficient (Wildman–Crippen LogP) is -0.0564. The van der Waals surface area contributed by atoms with Crippen molar-refractivity contribution in [3.63, 3.8) is 0 Å². The zero-order chi connectivity index (χ0) is 15.9. The van der Waals surface area contributed by atoms with Crippen molar-refractivity contribution in [1.82, 2.24) is 0 Å². The Kier molecular flexibility index (Phi) is 2.54. The second-order valence-corrected chi connectivity index (χ2v) is 7.10. The Morgan fingerprint density at radius 2 is 1.27 bits per heavy atom. The number of aliphatic hydroxyl groups excluding tert-OH is 2. The van der Waals surface area contributed by atoms with E-state index in [1.165, 1.54) is 0 Å². The Labute approximate surface area is 127 Å². The van der Waals surface area contributed by atoms with Gasteiger partial charge < -0.3 is 19.7 Å². The lowest BCUT2D eigenvalue weighted by Crippen LogP contribution is -2.55. The first-order valence-corrected chi connectivity index (χ1v) is 7.45. The first-order chi connectivity index (χ1) is 10.3. The molecule has 0 amide bonds. The quantitative estimate of drug-likeness (QED) is 0.561. The van der Waals surface area contributed by atoms with Crippen LogP contribution >= 0.6 is 0 Å². The first-order valence-electron chi connectivity index (χ1n) is 7.45. The van der Waals surface area contributed by atoms with Gasteiger partial charge in [0.05, 0.1) is 11.8 Å². The summed E-state index contributed by atoms with van der Waals surface area (Å²) >= 11 is 0. The molecule has 0 aromatic heterocycles. The van der Waals surface area contributed by atoms with Crippen molar-refractivity contribution in [2.45, 2.75) is 38.3 Å². The lowest BCUT2D eigenvalue weighted by atomic mass is 9.62. The average molecular weight is 306 g/mol. The van der Waals surface area contributed by atoms with E-state index in [1.54, 1.807) is 12.2 Å². The number of rotatable bonds is 3. The minimum atomic E-state index is -1.31. The van der Waals surface area contributed by atoms with Gasteiger partial charge in [-0.1, -0.05) is 38.2 Å². The number of ether oxygens (including phenoxy) is 2. The molecule has 2 saturated heterocycles. The number of carbonyl (C=O) groups is 2. The number of aliphatic hydroxyl groups is 2. The van der Waals surface area contributed by atoms with E-state index in [-0.39, 0.29) is 11.8 Å². The minimum Gasteiger partial charge on any atom is -0.458 e. The van der Waals surface area contributed by atoms with Crippen LogP contribution in [0.3, 0.4) is 0 Å². The summed E-state index contributed by atoms with van der Waals surface area (Å²) < 4.78 is 10.5. The molecule has 2 fully saturated rings. The summed E-state index contributed by atoms with van der Waals surface area (Å²) in [5.41, 5.74) is -1.23. The van der Waals surface area contributed by atoms with Crippen LogP contribution < -0.4 is 0 Å². The molecule has 0 unspecified atom stereocenters. The SMILES string of the molecule is C[C@]12C=C[C@H]1C(=O)O[C@@H]2[C@H](O)[C@@H](O)[C@H]1OC(=O)[C@@H]2C=C[C@]12C. The monoisotopic (exact) mass is 306 g/mol. The van der Waals surface area contributed by atoms with Crippen molar-refractivity contribution in [3.05, 3.63) is 24.3 Å². The summed E-state index contributed by atoms with van der Waals surface area (Å²) in [6.07, 6.45) is 2.81. The van der Waals surface area contributed by atoms with Crippen LogP contribution in [0.25, 0.3) is 0 Å². The van der Waals surface area contributed by atoms with E-state index in [2.05, 4.69) is 0 Å². The highest BCUT2D eigenvalue weighted by Gasteiger charge is 2.64. The third kappa shape index (κ3) is 1.42. The van der Waals surface area contributed by atoms with Gasteiger partial charge >= 0.3 is 11.9 Å². The summed E-state index contributed by atoms with van der Waals surface area (Å²) in [4.78, 5) is 23.6. The van der Waals surface area contributed by atoms with Gasteiger partial charge in [0, 0.05) is 10.8 Å². The normalized spacial score (nSPS) is 50.4. The van der Waals surface area contributed by atoms with Crippen LogP contribution in [0.4, 0.5) is 0 Å². The Hall–Kier alpha value is -1.66. The summed E-state index contributed by atoms with van der Waals surface area (Å²) in [6, 6.07) is 0. The van der Waals surface area contributed by atoms with Crippen LogP contribution in [0.1, 0.15) is 13.8 Å². The van der Waals surface area contributed by atoms with Gasteiger partial charge in [-0.2, -0.15) is 0 Å². The summed E-state index contributed by atoms with van der Waals surface area (Å²) in [5.74, 6) is -1.54. The van der Waals surface area contributed by atoms with Crippen molar-refractivity contribution in [2.75, 3.05) is 0 Å². The molecular weight excluding hydrogens is 288 g/mol. The predicted molar refractivity (Wildman–Crippen MR) is 73.2 cm³/mol. The van der Waals surface area contributed by atoms with Gasteiger partial charge in [-0.25, -0.2) is 0 Å². The highest BCUT2D eigenvalue weighted by molar-refractivity contribution is 5.82. The molecule has 0 aromatic rings. The summed E-state index contributed by atoms with van der Waals surface area (Å²) in [7, 11) is 0. The van der Waals surface area contributed by atoms with Gasteiger partial charge in [0.15, 0.2) is 0 Å². The Morgan fingerprint density at radius 1 is 0.909 bits per heavy atom. The molecule has 8 atom stereocenters. The number of esters is 2. The van der Waals surface area contributed by atoms with E-state index in [4.69, 9.17) is 9.47 Å². The molecule has 0 radical (unpaired) electrons. The first kappa shape index (κ1) is 14.0. The molecule has 22 heavy (non-hydrogen) atoms. The number of cyclic esters (lactones) is 2. The molecule has 118 valence electrons. The van der Waals surface area contributed by atoms with Gasteiger partial charge in [-0.05, 0) is 0 Å². The van der Waals surface area contributed by atoms with Crippen molar-refractivity contribution >= 4 is 11.9 Å². The van der Waals surface area contributed by atoms with Crippen LogP contribution in [-0.4, -0.2) is 46.6 Å². The van der Waals surface area contributed by atoms with Gasteiger partial charge in [0.25, 0.3) is 0 Å². The van der Waals surface area contributed by atoms with E-state index >= 15 is 0 Å². The van der Waals surface area contributed by atoms with Gasteiger partial charge in [-0.15, -0.1) is 0 Å². The second-order valence-electron chi connectivity index (χ2n) is 7.10. The van der Waals surface area contributed by atoms with E-state index in [0.29, 0.717) is 0 Å². The van der Waals surface area contributed by atoms with E-state index in [9.17, 15) is 19.8 Å². The number of carbonyl (C=O) groups excluding carboxylic acids is 2. The molecule has 6 heteroatoms. The molecule has 0 spiro atoms. The van der Waals surface area contributed by atoms with Crippen molar-refractivity contribution in [3.8, 4) is 0 Å². The molecule has 4 aliphatic rings. The van der Waals surface area contributed by atoms with Crippen LogP contribution in [-0.2, 0) is 19.1 Å². The third-order valence-electron chi connectivity index (χ3n) is 5.83. The molecule has 2 N–H and O–H groups in total. The molecule has 2 heterocycles. The fourth-order valence-electron chi connectivity index (χ4n) is 4.08. The molecule has 4 rings (SSSR count). The summed E-state index contributed by atoms with van der Waals surface area (Å²) in [6.45, 7) is 3.63. The highest BCUT2D eigenvalue weighted by atomic mass is 16.6. The maximum Gasteiger partial charge on any atom is 0.314 e. The second kappa shape index (κ2) is 4.00. The maximum absolute atomic E-state index is 11.8. The molecule has 6 nitrogen and oxygen atoms in total. The van der Waals surface area contributed by atoms with Crippen LogP contribution in [0.2, 0.25) is 0 Å². The van der Waals surface area contributed by atoms with E-state index in [0.717, 1.165) is 0 Å². The van der Waals surface area contributed by atoms with Crippen LogP contribution in [0.5, 0.6) is 0 Å². The lowest BCUT2D eigenvalue weighted by Gasteiger charge is -2.42. The molecule has 2 aliphatic carbocycles. The molecular formula is C16H18O6. The Bertz CT molecular complexity index is 570. The summed E-state index contributed by atoms with van der Waals surface area (Å²) in [5, 5.41) is 21.1. The van der Waals surface area contributed by atoms with Crippen LogP contribution in [0, 0.1) is 22.7 Å². The fourth-order valence-corrected chi connectivity index (χ4v) is 4.08. The van der Waals surface area contributed by atoms with Crippen molar-refractivity contribution in [1.29, 1.82) is 0 Å². The van der Waals surface area contributed by atoms with Crippen molar-refractivity contribution in [2.24, 2.45) is 22.7 Å². The van der Waals surface area contributed by atoms with E-state index < -0.39 is 47.2 Å². The third-order valence-corrected chi connectivity index (χ3v) is 5.83. The van der Waals surface area contributed by atoms with Gasteiger partial charge in [-0.3, -0.25) is 9.59 Å². The van der Waals surface area contributed by atoms with E-state index in [1.807, 2.05) is 26.0 Å². The highest BCUT2D eigenvalue weighted by Crippen LogP contribution is 2.54. The number of hydrogen-bond acceptors (Lipinski definition) is 6. The number of hydrogen-bond donors (Lipinski definition) is 2. The molecule has 2 aliphatic heterocycles. The zero-order valence-corrected chi connectivity index (χ0v) is 12.3. The largest absolute Gasteiger partial charge is 0.458 e. The topological polar surface area (TPSA) is 93.1 Å². The fraction of sp³-hybridized carbons (Fsp3) is 0.625. The Balaban J connectivity index is 1.58. The number of fused-ring (bicyclic) bond motifs is 2. The Morgan fingerprint density at radius 3 is 1.50 bits per heavy atom. The lowest BCUT2D eigenvalue weighted by molar-refractivity contribution is -0.167. The maximum atomic E-state index is 11.8. The van der Waals surface area contributed by atoms with Gasteiger partial charge in [0.1, 0.15) is 24.4 Å². The van der Waals surface area contributed by atoms with Crippen LogP contribution in [0.15, 0.2) is 24.3 Å². The zero-order valence-electron chi connectivity index (χ0n) is 12.3. The standard InChI is InChI=1S/C16H18O6/c1-15-5-3-7(15)13(19)21-11(15)9(17)10(18)12-16(2)6-4-8(16)14(20)22-12/h3-12,17-18H,1-2H3/t7-,8-,9+,10+,11+,12+,15-,16-/m0/s1. The smallest absolute Gasteiger partial charge is 0.314 e. The average Bonchev–Trinajstić information content (AvgIpc) is 2.71. The molecule has 0 saturated carbocycles. The molecule has 0 aromatic carbocycles. The minimum absolute atomic E-state index is 0.377. The molecule has 0 bridgehead atoms. The van der Waals surface area contributed by atoms with Gasteiger partial charge in [0.2, 0.25) is 0 Å².